The van der Waals surface area contributed by atoms with E-state index >= 15 is 0 Å². The van der Waals surface area contributed by atoms with Gasteiger partial charge >= 0.3 is 0 Å². The second-order valence-electron chi connectivity index (χ2n) is 6.11. The number of fused-ring (bicyclic) bond motifs is 1. The number of hydrogen-bond donors (Lipinski definition) is 2. The summed E-state index contributed by atoms with van der Waals surface area (Å²) in [6, 6.07) is 11.3. The molecular formula is C19H21NO3. The zero-order chi connectivity index (χ0) is 16.6. The summed E-state index contributed by atoms with van der Waals surface area (Å²) >= 11 is 0. The van der Waals surface area contributed by atoms with Crippen molar-refractivity contribution in [1.82, 2.24) is 0 Å². The summed E-state index contributed by atoms with van der Waals surface area (Å²) in [5, 5.41) is 12.7. The number of rotatable bonds is 3. The van der Waals surface area contributed by atoms with Crippen LogP contribution in [0.15, 0.2) is 36.4 Å². The average Bonchev–Trinajstić information content (AvgIpc) is 2.91. The lowest BCUT2D eigenvalue weighted by molar-refractivity contribution is -0.122. The van der Waals surface area contributed by atoms with E-state index in [9.17, 15) is 9.90 Å². The molecule has 2 unspecified atom stereocenters. The first-order valence-electron chi connectivity index (χ1n) is 7.80. The van der Waals surface area contributed by atoms with Crippen molar-refractivity contribution in [2.24, 2.45) is 0 Å². The second kappa shape index (κ2) is 6.05. The first-order valence-corrected chi connectivity index (χ1v) is 7.80. The van der Waals surface area contributed by atoms with Crippen molar-refractivity contribution >= 4 is 11.6 Å². The van der Waals surface area contributed by atoms with E-state index in [2.05, 4.69) is 18.3 Å². The highest BCUT2D eigenvalue weighted by Crippen LogP contribution is 2.32. The number of hydrogen-bond acceptors (Lipinski definition) is 3. The molecule has 3 rings (SSSR count). The molecule has 2 N–H and O–H groups in total. The van der Waals surface area contributed by atoms with Gasteiger partial charge in [0.25, 0.3) is 5.91 Å². The number of aliphatic hydroxyl groups is 1. The lowest BCUT2D eigenvalue weighted by atomic mass is 10.0. The SMILES string of the molecule is Cc1cc2c(cc1C)OC(C(=O)Nc1ccccc1C(C)O)C2. The number of para-hydroxylation sites is 1. The fraction of sp³-hybridized carbons (Fsp3) is 0.316. The number of anilines is 1. The maximum absolute atomic E-state index is 12.5. The van der Waals surface area contributed by atoms with Crippen molar-refractivity contribution in [2.75, 3.05) is 5.32 Å². The molecule has 1 aliphatic heterocycles. The minimum Gasteiger partial charge on any atom is -0.480 e. The first kappa shape index (κ1) is 15.6. The summed E-state index contributed by atoms with van der Waals surface area (Å²) in [7, 11) is 0. The standard InChI is InChI=1S/C19H21NO3/c1-11-8-14-10-18(23-17(14)9-12(11)2)19(22)20-16-7-5-4-6-15(16)13(3)21/h4-9,13,18,21H,10H2,1-3H3,(H,20,22). The number of aliphatic hydroxyl groups excluding tert-OH is 1. The van der Waals surface area contributed by atoms with Gasteiger partial charge in [0.05, 0.1) is 6.10 Å². The Balaban J connectivity index is 1.76. The molecule has 0 aromatic heterocycles. The van der Waals surface area contributed by atoms with Gasteiger partial charge in [-0.3, -0.25) is 4.79 Å². The van der Waals surface area contributed by atoms with Crippen LogP contribution in [-0.4, -0.2) is 17.1 Å². The van der Waals surface area contributed by atoms with Gasteiger partial charge in [-0.2, -0.15) is 0 Å². The number of aryl methyl sites for hydroxylation is 2. The molecule has 0 radical (unpaired) electrons. The molecule has 1 heterocycles. The quantitative estimate of drug-likeness (QED) is 0.914. The van der Waals surface area contributed by atoms with Crippen molar-refractivity contribution in [2.45, 2.75) is 39.4 Å². The molecule has 0 saturated carbocycles. The van der Waals surface area contributed by atoms with E-state index in [1.165, 1.54) is 5.56 Å². The third-order valence-electron chi connectivity index (χ3n) is 4.31. The summed E-state index contributed by atoms with van der Waals surface area (Å²) in [5.41, 5.74) is 4.75. The fourth-order valence-electron chi connectivity index (χ4n) is 2.85. The Kier molecular flexibility index (Phi) is 4.09. The van der Waals surface area contributed by atoms with Crippen LogP contribution >= 0.6 is 0 Å². The molecule has 0 spiro atoms. The van der Waals surface area contributed by atoms with Crippen molar-refractivity contribution < 1.29 is 14.6 Å². The zero-order valence-electron chi connectivity index (χ0n) is 13.6. The Morgan fingerprint density at radius 3 is 2.70 bits per heavy atom. The van der Waals surface area contributed by atoms with Gasteiger partial charge in [-0.25, -0.2) is 0 Å². The molecule has 0 saturated heterocycles. The van der Waals surface area contributed by atoms with Crippen LogP contribution in [0.4, 0.5) is 5.69 Å². The Labute approximate surface area is 136 Å². The highest BCUT2D eigenvalue weighted by atomic mass is 16.5. The van der Waals surface area contributed by atoms with Crippen LogP contribution < -0.4 is 10.1 Å². The lowest BCUT2D eigenvalue weighted by Gasteiger charge is -2.15. The summed E-state index contributed by atoms with van der Waals surface area (Å²) in [6.07, 6.45) is -0.606. The van der Waals surface area contributed by atoms with Gasteiger partial charge in [0.15, 0.2) is 6.10 Å². The van der Waals surface area contributed by atoms with Crippen molar-refractivity contribution in [1.29, 1.82) is 0 Å². The summed E-state index contributed by atoms with van der Waals surface area (Å²) in [5.74, 6) is 0.599. The predicted molar refractivity (Wildman–Crippen MR) is 89.7 cm³/mol. The molecule has 0 bridgehead atoms. The third kappa shape index (κ3) is 3.08. The Morgan fingerprint density at radius 1 is 1.26 bits per heavy atom. The summed E-state index contributed by atoms with van der Waals surface area (Å²) < 4.78 is 5.80. The number of carbonyl (C=O) groups excluding carboxylic acids is 1. The Morgan fingerprint density at radius 2 is 1.96 bits per heavy atom. The van der Waals surface area contributed by atoms with Gasteiger partial charge in [-0.05, 0) is 49.6 Å². The minimum absolute atomic E-state index is 0.190. The van der Waals surface area contributed by atoms with E-state index in [4.69, 9.17) is 4.74 Å². The first-order chi connectivity index (χ1) is 11.0. The van der Waals surface area contributed by atoms with Crippen molar-refractivity contribution in [3.05, 3.63) is 58.7 Å². The number of nitrogens with one attached hydrogen (secondary N) is 1. The second-order valence-corrected chi connectivity index (χ2v) is 6.11. The van der Waals surface area contributed by atoms with E-state index in [-0.39, 0.29) is 5.91 Å². The monoisotopic (exact) mass is 311 g/mol. The predicted octanol–water partition coefficient (Wildman–Crippen LogP) is 3.30. The van der Waals surface area contributed by atoms with Crippen LogP contribution in [0.3, 0.4) is 0 Å². The molecule has 2 atom stereocenters. The van der Waals surface area contributed by atoms with Crippen molar-refractivity contribution in [3.63, 3.8) is 0 Å². The number of benzene rings is 2. The fourth-order valence-corrected chi connectivity index (χ4v) is 2.85. The van der Waals surface area contributed by atoms with E-state index in [0.29, 0.717) is 17.7 Å². The van der Waals surface area contributed by atoms with E-state index in [1.807, 2.05) is 25.1 Å². The van der Waals surface area contributed by atoms with Gasteiger partial charge in [-0.1, -0.05) is 24.3 Å². The minimum atomic E-state index is -0.640. The Hall–Kier alpha value is -2.33. The lowest BCUT2D eigenvalue weighted by Crippen LogP contribution is -2.31. The van der Waals surface area contributed by atoms with Gasteiger partial charge in [0.2, 0.25) is 0 Å². The van der Waals surface area contributed by atoms with Crippen LogP contribution in [0, 0.1) is 13.8 Å². The highest BCUT2D eigenvalue weighted by Gasteiger charge is 2.30. The molecule has 1 aliphatic rings. The van der Waals surface area contributed by atoms with Crippen molar-refractivity contribution in [3.8, 4) is 5.75 Å². The molecule has 2 aromatic rings. The van der Waals surface area contributed by atoms with Crippen LogP contribution in [0.25, 0.3) is 0 Å². The zero-order valence-corrected chi connectivity index (χ0v) is 13.6. The topological polar surface area (TPSA) is 58.6 Å². The average molecular weight is 311 g/mol. The maximum atomic E-state index is 12.5. The molecule has 0 fully saturated rings. The molecular weight excluding hydrogens is 290 g/mol. The highest BCUT2D eigenvalue weighted by molar-refractivity contribution is 5.95. The van der Waals surface area contributed by atoms with E-state index in [1.54, 1.807) is 19.1 Å². The number of carbonyl (C=O) groups is 1. The normalized spacial score (nSPS) is 17.3. The maximum Gasteiger partial charge on any atom is 0.265 e. The number of amides is 1. The molecule has 2 aromatic carbocycles. The largest absolute Gasteiger partial charge is 0.480 e. The van der Waals surface area contributed by atoms with Gasteiger partial charge in [0, 0.05) is 17.7 Å². The number of ether oxygens (including phenoxy) is 1. The van der Waals surface area contributed by atoms with Crippen LogP contribution in [-0.2, 0) is 11.2 Å². The molecule has 1 amide bonds. The molecule has 4 heteroatoms. The molecule has 23 heavy (non-hydrogen) atoms. The third-order valence-corrected chi connectivity index (χ3v) is 4.31. The summed E-state index contributed by atoms with van der Waals surface area (Å²) in [6.45, 7) is 5.77. The van der Waals surface area contributed by atoms with E-state index in [0.717, 1.165) is 16.9 Å². The Bertz CT molecular complexity index is 721. The van der Waals surface area contributed by atoms with Gasteiger partial charge in [-0.15, -0.1) is 0 Å². The molecule has 4 nitrogen and oxygen atoms in total. The van der Waals surface area contributed by atoms with Gasteiger partial charge in [0.1, 0.15) is 5.75 Å². The molecule has 120 valence electrons. The van der Waals surface area contributed by atoms with Crippen LogP contribution in [0.1, 0.15) is 35.3 Å². The van der Waals surface area contributed by atoms with Crippen LogP contribution in [0.5, 0.6) is 5.75 Å². The smallest absolute Gasteiger partial charge is 0.265 e. The summed E-state index contributed by atoms with van der Waals surface area (Å²) in [4.78, 5) is 12.5. The van der Waals surface area contributed by atoms with Crippen LogP contribution in [0.2, 0.25) is 0 Å². The van der Waals surface area contributed by atoms with E-state index < -0.39 is 12.2 Å². The van der Waals surface area contributed by atoms with Gasteiger partial charge < -0.3 is 15.2 Å². The molecule has 0 aliphatic carbocycles.